The summed E-state index contributed by atoms with van der Waals surface area (Å²) >= 11 is 0. The molecule has 0 aliphatic rings. The Kier molecular flexibility index (Phi) is 4.83. The molecule has 1 aromatic carbocycles. The van der Waals surface area contributed by atoms with Gasteiger partial charge in [0.1, 0.15) is 0 Å². The molecule has 0 amide bonds. The average Bonchev–Trinajstić information content (AvgIpc) is 2.57. The molecule has 1 aromatic heterocycles. The van der Waals surface area contributed by atoms with Crippen molar-refractivity contribution >= 4 is 18.7 Å². The van der Waals surface area contributed by atoms with Crippen LogP contribution in [0.3, 0.4) is 0 Å². The molecule has 0 saturated heterocycles. The Morgan fingerprint density at radius 2 is 2.00 bits per heavy atom. The van der Waals surface area contributed by atoms with Gasteiger partial charge < -0.3 is 8.19 Å². The van der Waals surface area contributed by atoms with Gasteiger partial charge >= 0.3 is 18.9 Å². The van der Waals surface area contributed by atoms with Crippen LogP contribution >= 0.6 is 8.19 Å². The summed E-state index contributed by atoms with van der Waals surface area (Å²) in [6, 6.07) is 11.0. The van der Waals surface area contributed by atoms with E-state index in [1.54, 1.807) is 5.30 Å². The van der Waals surface area contributed by atoms with Crippen molar-refractivity contribution in [2.45, 2.75) is 26.2 Å². The van der Waals surface area contributed by atoms with Gasteiger partial charge in [-0.3, -0.25) is 0 Å². The zero-order valence-corrected chi connectivity index (χ0v) is 9.85. The molecule has 0 bridgehead atoms. The predicted octanol–water partition coefficient (Wildman–Crippen LogP) is 1.49. The summed E-state index contributed by atoms with van der Waals surface area (Å²) in [6.07, 6.45) is 3.89. The van der Waals surface area contributed by atoms with Crippen LogP contribution in [0.25, 0.3) is 10.5 Å². The Hall–Kier alpha value is -0.143. The van der Waals surface area contributed by atoms with Crippen molar-refractivity contribution in [1.29, 1.82) is 0 Å². The van der Waals surface area contributed by atoms with Crippen molar-refractivity contribution in [1.82, 2.24) is 0 Å². The van der Waals surface area contributed by atoms with Gasteiger partial charge in [-0.1, -0.05) is 61.9 Å². The molecule has 2 aromatic rings. The first kappa shape index (κ1) is 11.9. The summed E-state index contributed by atoms with van der Waals surface area (Å²) in [5.74, 6) is 0. The molecule has 0 nitrogen and oxygen atoms in total. The minimum absolute atomic E-state index is 0. The van der Waals surface area contributed by atoms with E-state index in [9.17, 15) is 0 Å². The van der Waals surface area contributed by atoms with Gasteiger partial charge in [-0.15, -0.1) is 0 Å². The Labute approximate surface area is 99.4 Å². The zero-order valence-electron chi connectivity index (χ0n) is 8.96. The topological polar surface area (TPSA) is 0 Å². The van der Waals surface area contributed by atoms with Crippen LogP contribution in [0, 0.1) is 0 Å². The van der Waals surface area contributed by atoms with Crippen molar-refractivity contribution in [2.24, 2.45) is 0 Å². The summed E-state index contributed by atoms with van der Waals surface area (Å²) in [7, 11) is 1.44. The van der Waals surface area contributed by atoms with Gasteiger partial charge in [0.05, 0.1) is 0 Å². The first-order valence-electron chi connectivity index (χ1n) is 4.91. The molecule has 1 heterocycles. The molecule has 0 N–H and O–H groups in total. The summed E-state index contributed by atoms with van der Waals surface area (Å²) in [5, 5.41) is 4.49. The van der Waals surface area contributed by atoms with Crippen LogP contribution in [0.2, 0.25) is 0 Å². The standard InChI is InChI=1S/C12H14P.Li/c1-2-3-7-11-9-10-6-4-5-8-12(10)13-11;/h4-6,8-9H,2-3,7H2,1H3;/q-1;+1. The van der Waals surface area contributed by atoms with E-state index in [2.05, 4.69) is 37.3 Å². The van der Waals surface area contributed by atoms with Crippen molar-refractivity contribution < 1.29 is 18.9 Å². The number of fused-ring (bicyclic) bond motifs is 1. The van der Waals surface area contributed by atoms with Gasteiger partial charge in [0.15, 0.2) is 0 Å². The van der Waals surface area contributed by atoms with Crippen LogP contribution in [-0.2, 0) is 6.42 Å². The Bertz CT molecular complexity index is 359. The fraction of sp³-hybridized carbons (Fsp3) is 0.333. The molecule has 68 valence electrons. The van der Waals surface area contributed by atoms with Gasteiger partial charge in [-0.25, -0.2) is 5.30 Å². The summed E-state index contributed by atoms with van der Waals surface area (Å²) in [4.78, 5) is 0. The van der Waals surface area contributed by atoms with Crippen molar-refractivity contribution in [2.75, 3.05) is 0 Å². The number of hydrogen-bond acceptors (Lipinski definition) is 0. The van der Waals surface area contributed by atoms with Crippen molar-refractivity contribution in [3.63, 3.8) is 0 Å². The molecule has 0 aliphatic heterocycles. The molecule has 0 radical (unpaired) electrons. The van der Waals surface area contributed by atoms with Crippen LogP contribution in [0.1, 0.15) is 25.1 Å². The normalized spacial score (nSPS) is 10.6. The molecule has 0 fully saturated rings. The van der Waals surface area contributed by atoms with Gasteiger partial charge in [0.2, 0.25) is 0 Å². The smallest absolute Gasteiger partial charge is 0.519 e. The minimum Gasteiger partial charge on any atom is -0.519 e. The zero-order chi connectivity index (χ0) is 9.10. The molecular formula is C12H14LiP. The predicted molar refractivity (Wildman–Crippen MR) is 60.7 cm³/mol. The largest absolute Gasteiger partial charge is 1.00 e. The number of benzene rings is 1. The molecule has 14 heavy (non-hydrogen) atoms. The second-order valence-electron chi connectivity index (χ2n) is 3.41. The molecule has 0 atom stereocenters. The number of rotatable bonds is 3. The molecule has 0 spiro atoms. The monoisotopic (exact) mass is 196 g/mol. The van der Waals surface area contributed by atoms with E-state index in [1.807, 2.05) is 0 Å². The van der Waals surface area contributed by atoms with Crippen LogP contribution in [0.4, 0.5) is 0 Å². The third-order valence-corrected chi connectivity index (χ3v) is 3.60. The number of unbranched alkanes of at least 4 members (excludes halogenated alkanes) is 1. The average molecular weight is 196 g/mol. The summed E-state index contributed by atoms with van der Waals surface area (Å²) < 4.78 is 0. The molecular weight excluding hydrogens is 182 g/mol. The van der Waals surface area contributed by atoms with Gasteiger partial charge in [0.25, 0.3) is 0 Å². The first-order valence-corrected chi connectivity index (χ1v) is 5.81. The van der Waals surface area contributed by atoms with Gasteiger partial charge in [-0.2, -0.15) is 5.12 Å². The third kappa shape index (κ3) is 2.68. The minimum atomic E-state index is 0. The molecule has 0 aliphatic carbocycles. The van der Waals surface area contributed by atoms with Crippen LogP contribution in [-0.4, -0.2) is 0 Å². The first-order chi connectivity index (χ1) is 6.40. The van der Waals surface area contributed by atoms with E-state index in [1.165, 1.54) is 38.0 Å². The van der Waals surface area contributed by atoms with E-state index >= 15 is 0 Å². The van der Waals surface area contributed by atoms with Crippen molar-refractivity contribution in [3.8, 4) is 0 Å². The molecule has 0 saturated carbocycles. The van der Waals surface area contributed by atoms with Gasteiger partial charge in [-0.05, 0) is 0 Å². The van der Waals surface area contributed by atoms with Crippen molar-refractivity contribution in [3.05, 3.63) is 35.6 Å². The van der Waals surface area contributed by atoms with E-state index in [0.29, 0.717) is 0 Å². The maximum absolute atomic E-state index is 2.35. The quantitative estimate of drug-likeness (QED) is 0.652. The van der Waals surface area contributed by atoms with E-state index in [0.717, 1.165) is 0 Å². The second-order valence-corrected chi connectivity index (χ2v) is 4.69. The maximum atomic E-state index is 2.35. The molecule has 2 heteroatoms. The summed E-state index contributed by atoms with van der Waals surface area (Å²) in [5.41, 5.74) is 0. The maximum Gasteiger partial charge on any atom is 1.00 e. The second kappa shape index (κ2) is 5.67. The third-order valence-electron chi connectivity index (χ3n) is 2.31. The Balaban J connectivity index is 0.000000980. The Morgan fingerprint density at radius 1 is 1.21 bits per heavy atom. The molecule has 2 rings (SSSR count). The van der Waals surface area contributed by atoms with E-state index in [-0.39, 0.29) is 18.9 Å². The summed E-state index contributed by atoms with van der Waals surface area (Å²) in [6.45, 7) is 2.25. The Morgan fingerprint density at radius 3 is 2.71 bits per heavy atom. The fourth-order valence-corrected chi connectivity index (χ4v) is 2.78. The van der Waals surface area contributed by atoms with E-state index in [4.69, 9.17) is 0 Å². The van der Waals surface area contributed by atoms with Crippen LogP contribution in [0.15, 0.2) is 30.3 Å². The van der Waals surface area contributed by atoms with Crippen LogP contribution in [0.5, 0.6) is 0 Å². The number of aryl methyl sites for hydroxylation is 1. The number of hydrogen-bond donors (Lipinski definition) is 0. The fourth-order valence-electron chi connectivity index (χ4n) is 1.56. The SMILES string of the molecule is CCCCc1cc2ccccc2[p-]1.[Li+]. The molecule has 0 unspecified atom stereocenters. The van der Waals surface area contributed by atoms with E-state index < -0.39 is 0 Å². The van der Waals surface area contributed by atoms with Gasteiger partial charge in [0, 0.05) is 0 Å². The van der Waals surface area contributed by atoms with Crippen LogP contribution < -0.4 is 18.9 Å².